The van der Waals surface area contributed by atoms with Crippen LogP contribution in [0.15, 0.2) is 255 Å². The number of rotatable bonds is 16. The number of carbonyl (C=O) groups excluding carboxylic acids is 2. The average molecular weight is 1070 g/mol. The number of hydrogen-bond acceptors (Lipinski definition) is 4. The van der Waals surface area contributed by atoms with Gasteiger partial charge in [-0.05, 0) is 111 Å². The van der Waals surface area contributed by atoms with Gasteiger partial charge in [0, 0.05) is 24.7 Å². The molecule has 6 nitrogen and oxygen atoms in total. The molecule has 1 fully saturated rings. The molecule has 0 aliphatic heterocycles. The predicted octanol–water partition coefficient (Wildman–Crippen LogP) is 15.8. The topological polar surface area (TPSA) is 104 Å². The second-order valence-electron chi connectivity index (χ2n) is 23.3. The summed E-state index contributed by atoms with van der Waals surface area (Å²) in [6, 6.07) is 87.6. The maximum Gasteiger partial charge on any atom is 0.238 e. The van der Waals surface area contributed by atoms with Crippen molar-refractivity contribution in [3.63, 3.8) is 0 Å². The molecule has 12 aromatic rings. The van der Waals surface area contributed by atoms with Gasteiger partial charge >= 0.3 is 0 Å². The van der Waals surface area contributed by atoms with Gasteiger partial charge < -0.3 is 20.8 Å². The van der Waals surface area contributed by atoms with Crippen LogP contribution in [0.25, 0.3) is 64.6 Å². The van der Waals surface area contributed by atoms with Crippen LogP contribution >= 0.6 is 0 Å². The van der Waals surface area contributed by atoms with Gasteiger partial charge in [-0.2, -0.15) is 0 Å². The first-order valence-electron chi connectivity index (χ1n) is 29.0. The normalized spacial score (nSPS) is 15.7. The molecule has 0 aromatic heterocycles. The summed E-state index contributed by atoms with van der Waals surface area (Å²) in [6.07, 6.45) is 2.86. The number of nitrogens with zero attached hydrogens (tertiary/aromatic N) is 1. The molecule has 4 unspecified atom stereocenters. The van der Waals surface area contributed by atoms with E-state index in [1.54, 1.807) is 4.90 Å². The minimum atomic E-state index is -1.82. The first kappa shape index (κ1) is 52.4. The van der Waals surface area contributed by atoms with Gasteiger partial charge in [0.25, 0.3) is 0 Å². The molecule has 0 radical (unpaired) electrons. The highest BCUT2D eigenvalue weighted by Crippen LogP contribution is 2.48. The van der Waals surface area contributed by atoms with Gasteiger partial charge in [0.2, 0.25) is 11.8 Å². The standard InChI is InChI=1S/C76H66N2O4/c77-72(79)74(42-14-1-15-43-74)73(80)78(50-75(81,48-52-34-36-54-18-2-6-24-60(54)44-52)70(64-40-38-56-20-4-8-26-62(56)46-64)68-32-16-28-58-22-10-12-30-66(58)68)51-76(82,49-53-35-37-55-19-3-7-25-61(55)45-53)71(65-41-39-57-21-5-9-27-63(57)47-65)69-33-17-29-59-23-11-13-31-67(59)69/h2-13,16-41,44-47,70-71,81-82H,1,14-15,42-43,48-51H2,(H2,77,79). The molecule has 0 bridgehead atoms. The molecule has 12 aromatic carbocycles. The molecule has 0 saturated heterocycles. The highest BCUT2D eigenvalue weighted by atomic mass is 16.3. The van der Waals surface area contributed by atoms with Crippen molar-refractivity contribution in [3.05, 3.63) is 288 Å². The van der Waals surface area contributed by atoms with Crippen LogP contribution in [0.4, 0.5) is 0 Å². The second-order valence-corrected chi connectivity index (χ2v) is 23.3. The van der Waals surface area contributed by atoms with Crippen molar-refractivity contribution in [2.24, 2.45) is 11.1 Å². The summed E-state index contributed by atoms with van der Waals surface area (Å²) in [7, 11) is 0. The molecule has 2 amide bonds. The Labute approximate surface area is 479 Å². The number of amides is 2. The predicted molar refractivity (Wildman–Crippen MR) is 336 cm³/mol. The van der Waals surface area contributed by atoms with Crippen LogP contribution in [0.3, 0.4) is 0 Å². The molecule has 0 heterocycles. The Bertz CT molecular complexity index is 4110. The fraction of sp³-hybridized carbons (Fsp3) is 0.184. The van der Waals surface area contributed by atoms with E-state index in [4.69, 9.17) is 5.73 Å². The molecular weight excluding hydrogens is 1000 g/mol. The molecule has 82 heavy (non-hydrogen) atoms. The Morgan fingerprint density at radius 1 is 0.402 bits per heavy atom. The molecule has 1 saturated carbocycles. The van der Waals surface area contributed by atoms with Crippen LogP contribution in [0.2, 0.25) is 0 Å². The van der Waals surface area contributed by atoms with E-state index in [0.717, 1.165) is 104 Å². The number of primary amides is 1. The van der Waals surface area contributed by atoms with Crippen LogP contribution in [0, 0.1) is 5.41 Å². The molecule has 4 N–H and O–H groups in total. The lowest BCUT2D eigenvalue weighted by Gasteiger charge is -2.48. The largest absolute Gasteiger partial charge is 0.387 e. The zero-order valence-corrected chi connectivity index (χ0v) is 46.0. The summed E-state index contributed by atoms with van der Waals surface area (Å²) in [6.45, 7) is -0.539. The lowest BCUT2D eigenvalue weighted by Crippen LogP contribution is -2.61. The summed E-state index contributed by atoms with van der Waals surface area (Å²) in [5.41, 5.74) is 6.65. The molecule has 1 aliphatic rings. The third-order valence-electron chi connectivity index (χ3n) is 18.0. The summed E-state index contributed by atoms with van der Waals surface area (Å²) in [5.74, 6) is -2.68. The zero-order valence-electron chi connectivity index (χ0n) is 46.0. The van der Waals surface area contributed by atoms with Crippen molar-refractivity contribution in [1.29, 1.82) is 0 Å². The van der Waals surface area contributed by atoms with Crippen molar-refractivity contribution in [3.8, 4) is 0 Å². The van der Waals surface area contributed by atoms with Gasteiger partial charge in [-0.1, -0.05) is 274 Å². The van der Waals surface area contributed by atoms with Crippen LogP contribution in [-0.2, 0) is 22.4 Å². The van der Waals surface area contributed by atoms with Gasteiger partial charge in [0.05, 0.1) is 24.3 Å². The van der Waals surface area contributed by atoms with Crippen molar-refractivity contribution in [2.75, 3.05) is 13.1 Å². The number of carbonyl (C=O) groups is 2. The SMILES string of the molecule is NC(=O)C1(C(=O)N(CC(O)(Cc2ccc3ccccc3c2)C(c2ccc3ccccc3c2)c2cccc3ccccc23)CC(O)(Cc2ccc3ccccc3c2)C(c2ccc3ccccc3c2)c2cccc3ccccc23)CCCCC1. The first-order chi connectivity index (χ1) is 40.0. The number of benzene rings is 12. The van der Waals surface area contributed by atoms with E-state index < -0.39 is 40.3 Å². The number of fused-ring (bicyclic) bond motifs is 6. The Hall–Kier alpha value is -8.94. The highest BCUT2D eigenvalue weighted by molar-refractivity contribution is 6.04. The summed E-state index contributed by atoms with van der Waals surface area (Å²) in [5, 5.41) is 42.3. The number of aliphatic hydroxyl groups is 2. The van der Waals surface area contributed by atoms with Crippen molar-refractivity contribution < 1.29 is 19.8 Å². The molecule has 6 heteroatoms. The van der Waals surface area contributed by atoms with Gasteiger partial charge in [-0.25, -0.2) is 0 Å². The summed E-state index contributed by atoms with van der Waals surface area (Å²) in [4.78, 5) is 33.1. The maximum atomic E-state index is 16.8. The Balaban J connectivity index is 1.08. The number of nitrogens with two attached hydrogens (primary N) is 1. The van der Waals surface area contributed by atoms with E-state index in [0.29, 0.717) is 12.8 Å². The van der Waals surface area contributed by atoms with E-state index in [-0.39, 0.29) is 38.8 Å². The summed E-state index contributed by atoms with van der Waals surface area (Å²) >= 11 is 0. The van der Waals surface area contributed by atoms with Crippen LogP contribution < -0.4 is 5.73 Å². The van der Waals surface area contributed by atoms with E-state index in [1.807, 2.05) is 72.8 Å². The molecule has 13 rings (SSSR count). The third-order valence-corrected chi connectivity index (χ3v) is 18.0. The van der Waals surface area contributed by atoms with Crippen molar-refractivity contribution in [1.82, 2.24) is 4.90 Å². The second kappa shape index (κ2) is 21.8. The average Bonchev–Trinajstić information content (AvgIpc) is 3.60. The quantitative estimate of drug-likeness (QED) is 0.0839. The number of hydrogen-bond donors (Lipinski definition) is 3. The fourth-order valence-corrected chi connectivity index (χ4v) is 14.1. The van der Waals surface area contributed by atoms with E-state index in [1.165, 1.54) is 0 Å². The van der Waals surface area contributed by atoms with E-state index in [9.17, 15) is 4.79 Å². The zero-order chi connectivity index (χ0) is 55.8. The monoisotopic (exact) mass is 1070 g/mol. The van der Waals surface area contributed by atoms with Crippen molar-refractivity contribution in [2.45, 2.75) is 68.0 Å². The highest BCUT2D eigenvalue weighted by Gasteiger charge is 2.53. The van der Waals surface area contributed by atoms with Gasteiger partial charge in [-0.15, -0.1) is 0 Å². The van der Waals surface area contributed by atoms with Crippen LogP contribution in [0.1, 0.15) is 77.3 Å². The van der Waals surface area contributed by atoms with Crippen molar-refractivity contribution >= 4 is 76.4 Å². The molecular formula is C76H66N2O4. The minimum absolute atomic E-state index is 0.104. The lowest BCUT2D eigenvalue weighted by molar-refractivity contribution is -0.159. The van der Waals surface area contributed by atoms with Crippen LogP contribution in [0.5, 0.6) is 0 Å². The van der Waals surface area contributed by atoms with E-state index in [2.05, 4.69) is 182 Å². The summed E-state index contributed by atoms with van der Waals surface area (Å²) < 4.78 is 0. The lowest BCUT2D eigenvalue weighted by atomic mass is 9.69. The van der Waals surface area contributed by atoms with E-state index >= 15 is 15.0 Å². The Morgan fingerprint density at radius 2 is 0.744 bits per heavy atom. The molecule has 1 aliphatic carbocycles. The Morgan fingerprint density at radius 3 is 1.15 bits per heavy atom. The van der Waals surface area contributed by atoms with Gasteiger partial charge in [0.1, 0.15) is 5.41 Å². The Kier molecular flexibility index (Phi) is 14.0. The van der Waals surface area contributed by atoms with Gasteiger partial charge in [-0.3, -0.25) is 9.59 Å². The molecule has 404 valence electrons. The third kappa shape index (κ3) is 9.97. The molecule has 0 spiro atoms. The first-order valence-corrected chi connectivity index (χ1v) is 29.0. The maximum absolute atomic E-state index is 16.8. The van der Waals surface area contributed by atoms with Crippen LogP contribution in [-0.4, -0.2) is 51.2 Å². The fourth-order valence-electron chi connectivity index (χ4n) is 14.1. The molecule has 4 atom stereocenters. The minimum Gasteiger partial charge on any atom is -0.387 e. The smallest absolute Gasteiger partial charge is 0.238 e. The van der Waals surface area contributed by atoms with Gasteiger partial charge in [0.15, 0.2) is 0 Å².